The Hall–Kier alpha value is -3.35. The molecule has 0 aliphatic carbocycles. The summed E-state index contributed by atoms with van der Waals surface area (Å²) in [5.74, 6) is 0.768. The first kappa shape index (κ1) is 21.9. The van der Waals surface area contributed by atoms with Gasteiger partial charge in [0.25, 0.3) is 5.91 Å². The number of aromatic nitrogens is 2. The van der Waals surface area contributed by atoms with Crippen LogP contribution < -0.4 is 10.1 Å². The van der Waals surface area contributed by atoms with E-state index in [1.54, 1.807) is 12.1 Å². The normalized spacial score (nSPS) is 14.7. The van der Waals surface area contributed by atoms with Crippen LogP contribution in [0.15, 0.2) is 48.8 Å². The van der Waals surface area contributed by atoms with Gasteiger partial charge >= 0.3 is 0 Å². The van der Waals surface area contributed by atoms with Crippen molar-refractivity contribution in [2.75, 3.05) is 13.1 Å². The molecular formula is C25H30N4O3. The molecule has 1 saturated heterocycles. The van der Waals surface area contributed by atoms with Crippen molar-refractivity contribution in [1.29, 1.82) is 0 Å². The maximum absolute atomic E-state index is 12.8. The summed E-state index contributed by atoms with van der Waals surface area (Å²) < 4.78 is 7.85. The summed E-state index contributed by atoms with van der Waals surface area (Å²) in [4.78, 5) is 31.4. The van der Waals surface area contributed by atoms with Crippen LogP contribution in [0.5, 0.6) is 5.75 Å². The molecule has 0 unspecified atom stereocenters. The van der Waals surface area contributed by atoms with Crippen LogP contribution in [-0.4, -0.2) is 45.2 Å². The van der Waals surface area contributed by atoms with Crippen LogP contribution in [0, 0.1) is 12.8 Å². The van der Waals surface area contributed by atoms with Gasteiger partial charge in [-0.05, 0) is 69.5 Å². The van der Waals surface area contributed by atoms with Gasteiger partial charge in [0.2, 0.25) is 5.91 Å². The van der Waals surface area contributed by atoms with Crippen LogP contribution in [0.3, 0.4) is 0 Å². The predicted octanol–water partition coefficient (Wildman–Crippen LogP) is 3.60. The smallest absolute Gasteiger partial charge is 0.253 e. The summed E-state index contributed by atoms with van der Waals surface area (Å²) in [6.07, 6.45) is 5.39. The number of benzene rings is 1. The fourth-order valence-electron chi connectivity index (χ4n) is 4.01. The Bertz CT molecular complexity index is 1100. The van der Waals surface area contributed by atoms with E-state index in [0.29, 0.717) is 43.9 Å². The summed E-state index contributed by atoms with van der Waals surface area (Å²) in [6, 6.07) is 11.4. The Balaban J connectivity index is 1.30. The third kappa shape index (κ3) is 5.10. The summed E-state index contributed by atoms with van der Waals surface area (Å²) in [6.45, 7) is 7.52. The quantitative estimate of drug-likeness (QED) is 0.643. The van der Waals surface area contributed by atoms with Crippen LogP contribution in [-0.2, 0) is 11.4 Å². The Morgan fingerprint density at radius 3 is 2.50 bits per heavy atom. The Morgan fingerprint density at radius 2 is 1.81 bits per heavy atom. The minimum absolute atomic E-state index is 0.00464. The number of imidazole rings is 1. The molecule has 3 heterocycles. The van der Waals surface area contributed by atoms with E-state index in [0.717, 1.165) is 11.3 Å². The standard InChI is InChI=1S/C25H30N4O3/c1-17(2)26-24(30)19-10-12-28(13-11-19)25(31)20-5-7-22(8-6-20)32-16-21-15-29-14-18(3)4-9-23(29)27-21/h4-9,14-15,17,19H,10-13,16H2,1-3H3,(H,26,30). The molecule has 7 nitrogen and oxygen atoms in total. The molecule has 1 N–H and O–H groups in total. The number of piperidine rings is 1. The number of likely N-dealkylation sites (tertiary alicyclic amines) is 1. The van der Waals surface area contributed by atoms with E-state index in [2.05, 4.69) is 10.3 Å². The highest BCUT2D eigenvalue weighted by molar-refractivity contribution is 5.94. The molecule has 168 valence electrons. The van der Waals surface area contributed by atoms with Gasteiger partial charge in [0.05, 0.1) is 5.69 Å². The molecule has 4 rings (SSSR count). The van der Waals surface area contributed by atoms with Gasteiger partial charge in [0.1, 0.15) is 18.0 Å². The van der Waals surface area contributed by atoms with Gasteiger partial charge in [0, 0.05) is 43.0 Å². The maximum atomic E-state index is 12.8. The van der Waals surface area contributed by atoms with E-state index in [1.165, 1.54) is 5.56 Å². The summed E-state index contributed by atoms with van der Waals surface area (Å²) in [7, 11) is 0. The molecule has 2 amide bonds. The lowest BCUT2D eigenvalue weighted by atomic mass is 9.95. The number of nitrogens with one attached hydrogen (secondary N) is 1. The van der Waals surface area contributed by atoms with Gasteiger partial charge in [-0.1, -0.05) is 6.07 Å². The minimum Gasteiger partial charge on any atom is -0.487 e. The molecule has 2 aromatic heterocycles. The van der Waals surface area contributed by atoms with E-state index in [4.69, 9.17) is 4.74 Å². The molecule has 1 aliphatic heterocycles. The number of rotatable bonds is 6. The lowest BCUT2D eigenvalue weighted by Crippen LogP contribution is -2.44. The Morgan fingerprint density at radius 1 is 1.09 bits per heavy atom. The maximum Gasteiger partial charge on any atom is 0.253 e. The van der Waals surface area contributed by atoms with Gasteiger partial charge in [-0.3, -0.25) is 9.59 Å². The summed E-state index contributed by atoms with van der Waals surface area (Å²) >= 11 is 0. The number of carbonyl (C=O) groups excluding carboxylic acids is 2. The fourth-order valence-corrected chi connectivity index (χ4v) is 4.01. The predicted molar refractivity (Wildman–Crippen MR) is 123 cm³/mol. The Kier molecular flexibility index (Phi) is 6.44. The van der Waals surface area contributed by atoms with Crippen LogP contribution in [0.1, 0.15) is 48.3 Å². The Labute approximate surface area is 188 Å². The molecule has 1 aliphatic rings. The van der Waals surface area contributed by atoms with E-state index in [9.17, 15) is 9.59 Å². The highest BCUT2D eigenvalue weighted by Crippen LogP contribution is 2.21. The van der Waals surface area contributed by atoms with Gasteiger partial charge in [-0.2, -0.15) is 0 Å². The summed E-state index contributed by atoms with van der Waals surface area (Å²) in [5.41, 5.74) is 3.54. The van der Waals surface area contributed by atoms with Crippen molar-refractivity contribution < 1.29 is 14.3 Å². The highest BCUT2D eigenvalue weighted by Gasteiger charge is 2.28. The number of aryl methyl sites for hydroxylation is 1. The van der Waals surface area contributed by atoms with Crippen molar-refractivity contribution in [3.05, 3.63) is 65.6 Å². The number of hydrogen-bond donors (Lipinski definition) is 1. The molecule has 0 saturated carbocycles. The SMILES string of the molecule is Cc1ccc2nc(COc3ccc(C(=O)N4CCC(C(=O)NC(C)C)CC4)cc3)cn2c1. The first-order chi connectivity index (χ1) is 15.4. The van der Waals surface area contributed by atoms with Crippen molar-refractivity contribution in [2.45, 2.75) is 46.3 Å². The molecule has 0 radical (unpaired) electrons. The summed E-state index contributed by atoms with van der Waals surface area (Å²) in [5, 5.41) is 2.97. The number of pyridine rings is 1. The zero-order chi connectivity index (χ0) is 22.7. The van der Waals surface area contributed by atoms with Gasteiger partial charge in [-0.25, -0.2) is 4.98 Å². The zero-order valence-corrected chi connectivity index (χ0v) is 18.9. The molecule has 3 aromatic rings. The minimum atomic E-state index is -0.0132. The van der Waals surface area contributed by atoms with Crippen molar-refractivity contribution in [2.24, 2.45) is 5.92 Å². The van der Waals surface area contributed by atoms with Gasteiger partial charge in [-0.15, -0.1) is 0 Å². The number of nitrogens with zero attached hydrogens (tertiary/aromatic N) is 3. The van der Waals surface area contributed by atoms with Crippen LogP contribution in [0.2, 0.25) is 0 Å². The van der Waals surface area contributed by atoms with Gasteiger partial charge < -0.3 is 19.4 Å². The molecule has 1 aromatic carbocycles. The molecule has 0 spiro atoms. The third-order valence-electron chi connectivity index (χ3n) is 5.72. The van der Waals surface area contributed by atoms with Crippen molar-refractivity contribution in [3.8, 4) is 5.75 Å². The number of fused-ring (bicyclic) bond motifs is 1. The topological polar surface area (TPSA) is 75.9 Å². The molecule has 1 fully saturated rings. The highest BCUT2D eigenvalue weighted by atomic mass is 16.5. The zero-order valence-electron chi connectivity index (χ0n) is 18.9. The van der Waals surface area contributed by atoms with Crippen molar-refractivity contribution >= 4 is 17.5 Å². The second-order valence-electron chi connectivity index (χ2n) is 8.75. The number of amides is 2. The van der Waals surface area contributed by atoms with E-state index < -0.39 is 0 Å². The second-order valence-corrected chi connectivity index (χ2v) is 8.75. The molecule has 7 heteroatoms. The van der Waals surface area contributed by atoms with E-state index in [1.807, 2.05) is 66.7 Å². The molecular weight excluding hydrogens is 404 g/mol. The number of hydrogen-bond acceptors (Lipinski definition) is 4. The largest absolute Gasteiger partial charge is 0.487 e. The average Bonchev–Trinajstić information content (AvgIpc) is 3.19. The monoisotopic (exact) mass is 434 g/mol. The molecule has 0 atom stereocenters. The van der Waals surface area contributed by atoms with Crippen LogP contribution in [0.4, 0.5) is 0 Å². The van der Waals surface area contributed by atoms with E-state index >= 15 is 0 Å². The first-order valence-corrected chi connectivity index (χ1v) is 11.2. The number of ether oxygens (including phenoxy) is 1. The molecule has 32 heavy (non-hydrogen) atoms. The van der Waals surface area contributed by atoms with Crippen molar-refractivity contribution in [3.63, 3.8) is 0 Å². The first-order valence-electron chi connectivity index (χ1n) is 11.2. The molecule has 0 bridgehead atoms. The third-order valence-corrected chi connectivity index (χ3v) is 5.72. The fraction of sp³-hybridized carbons (Fsp3) is 0.400. The van der Waals surface area contributed by atoms with Crippen molar-refractivity contribution in [1.82, 2.24) is 19.6 Å². The average molecular weight is 435 g/mol. The van der Waals surface area contributed by atoms with Crippen LogP contribution in [0.25, 0.3) is 5.65 Å². The lowest BCUT2D eigenvalue weighted by Gasteiger charge is -2.31. The second kappa shape index (κ2) is 9.42. The van der Waals surface area contributed by atoms with E-state index in [-0.39, 0.29) is 23.8 Å². The van der Waals surface area contributed by atoms with Gasteiger partial charge in [0.15, 0.2) is 0 Å². The number of carbonyl (C=O) groups is 2. The van der Waals surface area contributed by atoms with Crippen LogP contribution >= 0.6 is 0 Å². The lowest BCUT2D eigenvalue weighted by molar-refractivity contribution is -0.126.